The molecule has 0 nitrogen and oxygen atoms in total. The molecule has 0 aliphatic rings. The second-order valence-electron chi connectivity index (χ2n) is 5.54. The maximum atomic E-state index is 7.15. The van der Waals surface area contributed by atoms with Crippen molar-refractivity contribution in [3.05, 3.63) is 58.7 Å². The third-order valence-electron chi connectivity index (χ3n) is 3.90. The highest BCUT2D eigenvalue weighted by Crippen LogP contribution is 2.18. The quantitative estimate of drug-likeness (QED) is 0.582. The van der Waals surface area contributed by atoms with Gasteiger partial charge in [-0.2, -0.15) is 11.1 Å². The van der Waals surface area contributed by atoms with E-state index in [-0.39, 0.29) is 0 Å². The summed E-state index contributed by atoms with van der Waals surface area (Å²) in [7, 11) is -2.16. The average molecular weight is 289 g/mol. The lowest BCUT2D eigenvalue weighted by Gasteiger charge is -2.28. The Kier molecular flexibility index (Phi) is 3.89. The Labute approximate surface area is 122 Å². The van der Waals surface area contributed by atoms with Crippen molar-refractivity contribution < 1.29 is 0 Å². The zero-order chi connectivity index (χ0) is 14.2. The Morgan fingerprint density at radius 3 is 1.21 bits per heavy atom. The summed E-state index contributed by atoms with van der Waals surface area (Å²) in [6, 6.07) is 12.9. The molecule has 2 heteroatoms. The van der Waals surface area contributed by atoms with Crippen molar-refractivity contribution in [1.82, 2.24) is 0 Å². The fourth-order valence-electron chi connectivity index (χ4n) is 3.24. The molecule has 0 aliphatic carbocycles. The van der Waals surface area contributed by atoms with Crippen LogP contribution >= 0.6 is 11.1 Å². The summed E-state index contributed by atoms with van der Waals surface area (Å²) >= 11 is 7.15. The van der Waals surface area contributed by atoms with Gasteiger partial charge in [0, 0.05) is 0 Å². The standard InChI is InChI=1S/C17H21ClSi/c1-12-8-6-9-13(2)16(12)19(5,18)17-14(3)10-7-11-15(17)4/h6-11H,1-5H3. The summed E-state index contributed by atoms with van der Waals surface area (Å²) in [6.45, 7) is 10.9. The maximum absolute atomic E-state index is 7.15. The minimum Gasteiger partial charge on any atom is -0.155 e. The Balaban J connectivity index is 2.73. The molecule has 0 atom stereocenters. The summed E-state index contributed by atoms with van der Waals surface area (Å²) in [5.74, 6) is 0. The van der Waals surface area contributed by atoms with E-state index >= 15 is 0 Å². The van der Waals surface area contributed by atoms with Gasteiger partial charge in [-0.3, -0.25) is 0 Å². The van der Waals surface area contributed by atoms with Crippen molar-refractivity contribution in [2.75, 3.05) is 0 Å². The van der Waals surface area contributed by atoms with Gasteiger partial charge in [0.1, 0.15) is 0 Å². The van der Waals surface area contributed by atoms with Crippen LogP contribution < -0.4 is 10.4 Å². The van der Waals surface area contributed by atoms with Crippen LogP contribution in [0.4, 0.5) is 0 Å². The molecule has 2 aromatic carbocycles. The van der Waals surface area contributed by atoms with Crippen LogP contribution in [-0.4, -0.2) is 7.38 Å². The van der Waals surface area contributed by atoms with Gasteiger partial charge in [0.2, 0.25) is 7.38 Å². The Bertz CT molecular complexity index is 521. The van der Waals surface area contributed by atoms with E-state index in [1.165, 1.54) is 32.6 Å². The van der Waals surface area contributed by atoms with Crippen LogP contribution in [0.3, 0.4) is 0 Å². The first-order chi connectivity index (χ1) is 8.85. The summed E-state index contributed by atoms with van der Waals surface area (Å²) in [6.07, 6.45) is 0. The molecule has 2 aromatic rings. The van der Waals surface area contributed by atoms with Gasteiger partial charge in [-0.25, -0.2) is 0 Å². The van der Waals surface area contributed by atoms with Gasteiger partial charge in [0.05, 0.1) is 0 Å². The molecule has 0 N–H and O–H groups in total. The molecule has 0 heterocycles. The fourth-order valence-corrected chi connectivity index (χ4v) is 8.57. The fraction of sp³-hybridized carbons (Fsp3) is 0.294. The van der Waals surface area contributed by atoms with Crippen molar-refractivity contribution in [1.29, 1.82) is 0 Å². The number of halogens is 1. The lowest BCUT2D eigenvalue weighted by atomic mass is 10.1. The van der Waals surface area contributed by atoms with Gasteiger partial charge in [-0.05, 0) is 44.6 Å². The first-order valence-electron chi connectivity index (χ1n) is 6.68. The topological polar surface area (TPSA) is 0 Å². The van der Waals surface area contributed by atoms with E-state index in [1.807, 2.05) is 0 Å². The molecule has 0 fully saturated rings. The smallest absolute Gasteiger partial charge is 0.155 e. The predicted molar refractivity (Wildman–Crippen MR) is 88.6 cm³/mol. The third kappa shape index (κ3) is 2.50. The van der Waals surface area contributed by atoms with Crippen LogP contribution in [0.2, 0.25) is 6.55 Å². The van der Waals surface area contributed by atoms with E-state index in [0.717, 1.165) is 0 Å². The van der Waals surface area contributed by atoms with E-state index in [0.29, 0.717) is 0 Å². The molecule has 0 radical (unpaired) electrons. The van der Waals surface area contributed by atoms with E-state index in [4.69, 9.17) is 11.1 Å². The molecule has 100 valence electrons. The largest absolute Gasteiger partial charge is 0.215 e. The first kappa shape index (κ1) is 14.4. The Morgan fingerprint density at radius 2 is 0.947 bits per heavy atom. The minimum atomic E-state index is -2.16. The van der Waals surface area contributed by atoms with Gasteiger partial charge in [0.15, 0.2) is 0 Å². The van der Waals surface area contributed by atoms with Gasteiger partial charge in [0.25, 0.3) is 0 Å². The van der Waals surface area contributed by atoms with Crippen molar-refractivity contribution in [3.8, 4) is 0 Å². The normalized spacial score (nSPS) is 11.7. The maximum Gasteiger partial charge on any atom is 0.215 e. The van der Waals surface area contributed by atoms with Crippen LogP contribution in [0, 0.1) is 27.7 Å². The molecule has 0 saturated carbocycles. The number of rotatable bonds is 2. The van der Waals surface area contributed by atoms with Crippen LogP contribution in [0.1, 0.15) is 22.3 Å². The van der Waals surface area contributed by atoms with Crippen molar-refractivity contribution in [2.45, 2.75) is 34.2 Å². The molecular weight excluding hydrogens is 268 g/mol. The highest BCUT2D eigenvalue weighted by atomic mass is 35.6. The zero-order valence-corrected chi connectivity index (χ0v) is 14.1. The molecule has 0 amide bonds. The van der Waals surface area contributed by atoms with E-state index in [1.54, 1.807) is 0 Å². The third-order valence-corrected chi connectivity index (χ3v) is 8.49. The second-order valence-corrected chi connectivity index (χ2v) is 10.8. The molecule has 0 unspecified atom stereocenters. The van der Waals surface area contributed by atoms with Crippen molar-refractivity contribution in [2.24, 2.45) is 0 Å². The molecule has 0 bridgehead atoms. The predicted octanol–water partition coefficient (Wildman–Crippen LogP) is 3.85. The molecule has 0 aromatic heterocycles. The highest BCUT2D eigenvalue weighted by molar-refractivity contribution is 7.34. The summed E-state index contributed by atoms with van der Waals surface area (Å²) < 4.78 is 0. The lowest BCUT2D eigenvalue weighted by molar-refractivity contribution is 1.40. The Morgan fingerprint density at radius 1 is 0.684 bits per heavy atom. The average Bonchev–Trinajstić information content (AvgIpc) is 2.27. The molecule has 0 spiro atoms. The lowest BCUT2D eigenvalue weighted by Crippen LogP contribution is -2.55. The summed E-state index contributed by atoms with van der Waals surface area (Å²) in [4.78, 5) is 0. The summed E-state index contributed by atoms with van der Waals surface area (Å²) in [5, 5.41) is 2.74. The van der Waals surface area contributed by atoms with Crippen molar-refractivity contribution in [3.63, 3.8) is 0 Å². The zero-order valence-electron chi connectivity index (χ0n) is 12.3. The van der Waals surface area contributed by atoms with Gasteiger partial charge in [-0.1, -0.05) is 58.7 Å². The van der Waals surface area contributed by atoms with E-state index < -0.39 is 7.38 Å². The van der Waals surface area contributed by atoms with Crippen LogP contribution in [-0.2, 0) is 0 Å². The van der Waals surface area contributed by atoms with Crippen LogP contribution in [0.5, 0.6) is 0 Å². The minimum absolute atomic E-state index is 1.31. The summed E-state index contributed by atoms with van der Waals surface area (Å²) in [5.41, 5.74) is 5.25. The molecule has 0 saturated heterocycles. The number of hydrogen-bond donors (Lipinski definition) is 0. The number of benzene rings is 2. The van der Waals surface area contributed by atoms with Gasteiger partial charge < -0.3 is 0 Å². The monoisotopic (exact) mass is 288 g/mol. The van der Waals surface area contributed by atoms with E-state index in [9.17, 15) is 0 Å². The SMILES string of the molecule is Cc1cccc(C)c1[Si](C)(Cl)c1c(C)cccc1C. The number of aryl methyl sites for hydroxylation is 4. The first-order valence-corrected chi connectivity index (χ1v) is 10.2. The highest BCUT2D eigenvalue weighted by Gasteiger charge is 2.34. The molecule has 19 heavy (non-hydrogen) atoms. The van der Waals surface area contributed by atoms with Crippen molar-refractivity contribution >= 4 is 28.8 Å². The molecule has 0 aliphatic heterocycles. The van der Waals surface area contributed by atoms with E-state index in [2.05, 4.69) is 70.6 Å². The van der Waals surface area contributed by atoms with Gasteiger partial charge in [-0.15, -0.1) is 0 Å². The van der Waals surface area contributed by atoms with Crippen LogP contribution in [0.25, 0.3) is 0 Å². The molecular formula is C17H21ClSi. The Hall–Kier alpha value is -1.05. The molecule has 2 rings (SSSR count). The number of hydrogen-bond acceptors (Lipinski definition) is 0. The second kappa shape index (κ2) is 5.14. The van der Waals surface area contributed by atoms with Crippen LogP contribution in [0.15, 0.2) is 36.4 Å². The van der Waals surface area contributed by atoms with Gasteiger partial charge >= 0.3 is 0 Å².